The van der Waals surface area contributed by atoms with Crippen molar-refractivity contribution in [1.82, 2.24) is 0 Å². The fourth-order valence-corrected chi connectivity index (χ4v) is 0. The molecule has 0 atom stereocenters. The Morgan fingerprint density at radius 3 is 1.60 bits per heavy atom. The fraction of sp³-hybridized carbons (Fsp3) is 0. The minimum atomic E-state index is 0. The summed E-state index contributed by atoms with van der Waals surface area (Å²) < 4.78 is 0. The van der Waals surface area contributed by atoms with E-state index in [0.717, 1.165) is 0 Å². The van der Waals surface area contributed by atoms with Gasteiger partial charge in [0.1, 0.15) is 0 Å². The summed E-state index contributed by atoms with van der Waals surface area (Å²) >= 11 is 0. The minimum Gasteiger partial charge on any atom is -0.563 e. The van der Waals surface area contributed by atoms with Crippen LogP contribution in [0.15, 0.2) is 0 Å². The van der Waals surface area contributed by atoms with Gasteiger partial charge >= 0.3 is 0 Å². The zero-order valence-corrected chi connectivity index (χ0v) is 5.99. The third-order valence-electron chi connectivity index (χ3n) is 0. The van der Waals surface area contributed by atoms with E-state index in [2.05, 4.69) is 5.73 Å². The molecule has 0 saturated heterocycles. The van der Waals surface area contributed by atoms with Crippen LogP contribution in [0.4, 0.5) is 0 Å². The molecule has 1 radical (unpaired) electrons. The van der Waals surface area contributed by atoms with E-state index < -0.39 is 0 Å². The first-order valence-electron chi connectivity index (χ1n) is 0.539. The fourth-order valence-electron chi connectivity index (χ4n) is 0. The largest absolute Gasteiger partial charge is 0.563 e. The van der Waals surface area contributed by atoms with E-state index in [4.69, 9.17) is 5.41 Å². The third kappa shape index (κ3) is 92.0. The van der Waals surface area contributed by atoms with E-state index in [1.807, 2.05) is 0 Å². The smallest absolute Gasteiger partial charge is 0 e. The van der Waals surface area contributed by atoms with Crippen molar-refractivity contribution in [1.29, 1.82) is 5.41 Å². The molecular formula is C2H6N2Y-2. The molecule has 2 nitrogen and oxygen atoms in total. The number of nitrogens with one attached hydrogen (secondary N) is 1. The van der Waals surface area contributed by atoms with Gasteiger partial charge in [0.25, 0.3) is 0 Å². The van der Waals surface area contributed by atoms with Gasteiger partial charge in [-0.05, 0) is 0 Å². The van der Waals surface area contributed by atoms with Crippen LogP contribution in [0.2, 0.25) is 0 Å². The summed E-state index contributed by atoms with van der Waals surface area (Å²) in [5.41, 5.74) is 4.26. The van der Waals surface area contributed by atoms with E-state index in [0.29, 0.717) is 0 Å². The van der Waals surface area contributed by atoms with Gasteiger partial charge in [-0.1, -0.05) is 0 Å². The summed E-state index contributed by atoms with van der Waals surface area (Å²) in [5.74, 6) is 0. The van der Waals surface area contributed by atoms with Crippen molar-refractivity contribution in [3.05, 3.63) is 7.43 Å². The molecule has 3 heteroatoms. The number of rotatable bonds is 0. The number of nitrogens with two attached hydrogens (primary N) is 1. The third-order valence-corrected chi connectivity index (χ3v) is 0. The van der Waals surface area contributed by atoms with E-state index in [-0.39, 0.29) is 40.1 Å². The van der Waals surface area contributed by atoms with E-state index in [1.165, 1.54) is 6.34 Å². The Morgan fingerprint density at radius 1 is 1.60 bits per heavy atom. The van der Waals surface area contributed by atoms with Gasteiger partial charge in [-0.25, -0.2) is 0 Å². The van der Waals surface area contributed by atoms with Gasteiger partial charge in [-0.3, -0.25) is 0 Å². The zero-order valence-electron chi connectivity index (χ0n) is 3.15. The van der Waals surface area contributed by atoms with Crippen LogP contribution in [0.1, 0.15) is 0 Å². The predicted octanol–water partition coefficient (Wildman–Crippen LogP) is -0.123. The summed E-state index contributed by atoms with van der Waals surface area (Å²) in [6.07, 6.45) is 1.50. The molecule has 0 amide bonds. The van der Waals surface area contributed by atoms with Crippen molar-refractivity contribution >= 4 is 6.34 Å². The monoisotopic (exact) mass is 147 g/mol. The normalized spacial score (nSPS) is 2.40. The van der Waals surface area contributed by atoms with Gasteiger partial charge in [-0.15, -0.1) is 0 Å². The van der Waals surface area contributed by atoms with Gasteiger partial charge in [0.05, 0.1) is 0 Å². The summed E-state index contributed by atoms with van der Waals surface area (Å²) in [5, 5.41) is 5.74. The number of hydrogen-bond donors (Lipinski definition) is 2. The molecule has 0 spiro atoms. The van der Waals surface area contributed by atoms with Crippen LogP contribution in [-0.2, 0) is 32.7 Å². The summed E-state index contributed by atoms with van der Waals surface area (Å²) in [6, 6.07) is 0. The summed E-state index contributed by atoms with van der Waals surface area (Å²) in [6.45, 7) is 0. The molecular weight excluding hydrogens is 141 g/mol. The molecule has 0 bridgehead atoms. The van der Waals surface area contributed by atoms with Crippen molar-refractivity contribution in [3.8, 4) is 0 Å². The van der Waals surface area contributed by atoms with Crippen LogP contribution >= 0.6 is 0 Å². The van der Waals surface area contributed by atoms with Crippen molar-refractivity contribution in [3.63, 3.8) is 0 Å². The topological polar surface area (TPSA) is 49.9 Å². The van der Waals surface area contributed by atoms with Gasteiger partial charge in [0, 0.05) is 32.7 Å². The molecule has 0 aromatic rings. The van der Waals surface area contributed by atoms with Gasteiger partial charge < -0.3 is 24.9 Å². The molecule has 0 heterocycles. The van der Waals surface area contributed by atoms with Gasteiger partial charge in [0.2, 0.25) is 0 Å². The van der Waals surface area contributed by atoms with Crippen LogP contribution < -0.4 is 5.73 Å². The first-order valence-corrected chi connectivity index (χ1v) is 0.539. The van der Waals surface area contributed by atoms with E-state index in [1.54, 1.807) is 0 Å². The van der Waals surface area contributed by atoms with Crippen molar-refractivity contribution in [2.45, 2.75) is 0 Å². The van der Waals surface area contributed by atoms with Crippen LogP contribution in [0.3, 0.4) is 0 Å². The van der Waals surface area contributed by atoms with E-state index >= 15 is 0 Å². The maximum atomic E-state index is 5.74. The maximum Gasteiger partial charge on any atom is 0 e. The van der Waals surface area contributed by atoms with Gasteiger partial charge in [-0.2, -0.15) is 0 Å². The average Bonchev–Trinajstić information content (AvgIpc) is 0.918. The predicted molar refractivity (Wildman–Crippen MR) is 18.3 cm³/mol. The molecule has 0 rings (SSSR count). The first-order chi connectivity index (χ1) is 1.41. The van der Waals surface area contributed by atoms with Crippen LogP contribution in [0.25, 0.3) is 0 Å². The Morgan fingerprint density at radius 2 is 1.60 bits per heavy atom. The summed E-state index contributed by atoms with van der Waals surface area (Å²) in [7, 11) is 0. The quantitative estimate of drug-likeness (QED) is 0.213. The second-order valence-electron chi connectivity index (χ2n) is 0.144. The Labute approximate surface area is 57.5 Å². The van der Waals surface area contributed by atoms with Crippen molar-refractivity contribution < 1.29 is 32.7 Å². The Hall–Kier alpha value is 0.574. The SMILES string of the molecule is N=[C-]N.[CH3-].[Y]. The Balaban J connectivity index is -0.0000000200. The molecule has 0 aliphatic heterocycles. The standard InChI is InChI=1S/CH3N2.CH3.Y/c2-1-3;;/h(H3,2,3);1H3;/q2*-1;. The maximum absolute atomic E-state index is 5.74. The van der Waals surface area contributed by atoms with Gasteiger partial charge in [0.15, 0.2) is 0 Å². The molecule has 0 unspecified atom stereocenters. The van der Waals surface area contributed by atoms with Crippen molar-refractivity contribution in [2.75, 3.05) is 0 Å². The molecule has 0 aromatic carbocycles. The average molecular weight is 147 g/mol. The van der Waals surface area contributed by atoms with Crippen LogP contribution in [-0.4, -0.2) is 6.34 Å². The second-order valence-corrected chi connectivity index (χ2v) is 0.144. The van der Waals surface area contributed by atoms with E-state index in [9.17, 15) is 0 Å². The second kappa shape index (κ2) is 23.6. The van der Waals surface area contributed by atoms with Crippen LogP contribution in [0, 0.1) is 12.8 Å². The molecule has 29 valence electrons. The molecule has 0 aliphatic carbocycles. The first kappa shape index (κ1) is 17.6. The minimum absolute atomic E-state index is 0. The Bertz CT molecular complexity index is 15.1. The number of hydrogen-bond acceptors (Lipinski definition) is 1. The summed E-state index contributed by atoms with van der Waals surface area (Å²) in [4.78, 5) is 0. The Kier molecular flexibility index (Phi) is 83.0. The zero-order chi connectivity index (χ0) is 2.71. The van der Waals surface area contributed by atoms with Crippen molar-refractivity contribution in [2.24, 2.45) is 5.73 Å². The molecule has 0 fully saturated rings. The van der Waals surface area contributed by atoms with Crippen LogP contribution in [0.5, 0.6) is 0 Å². The molecule has 5 heavy (non-hydrogen) atoms. The molecule has 3 N–H and O–H groups in total. The molecule has 0 aromatic heterocycles. The molecule has 0 saturated carbocycles. The molecule has 0 aliphatic rings.